The Labute approximate surface area is 118 Å². The van der Waals surface area contributed by atoms with E-state index < -0.39 is 0 Å². The predicted octanol–water partition coefficient (Wildman–Crippen LogP) is 2.26. The van der Waals surface area contributed by atoms with Gasteiger partial charge in [-0.25, -0.2) is 0 Å². The van der Waals surface area contributed by atoms with Crippen LogP contribution in [0, 0.1) is 0 Å². The fourth-order valence-corrected chi connectivity index (χ4v) is 2.56. The van der Waals surface area contributed by atoms with Gasteiger partial charge in [-0.2, -0.15) is 0 Å². The molecule has 19 heavy (non-hydrogen) atoms. The normalized spacial score (nSPS) is 18.5. The molecule has 0 bridgehead atoms. The Balaban J connectivity index is 2.12. The van der Waals surface area contributed by atoms with Gasteiger partial charge in [0.2, 0.25) is 0 Å². The first-order valence-electron chi connectivity index (χ1n) is 6.63. The van der Waals surface area contributed by atoms with Crippen molar-refractivity contribution in [3.05, 3.63) is 28.8 Å². The van der Waals surface area contributed by atoms with Gasteiger partial charge >= 0.3 is 0 Å². The summed E-state index contributed by atoms with van der Waals surface area (Å²) in [7, 11) is 0. The minimum atomic E-state index is -0.170. The second-order valence-electron chi connectivity index (χ2n) is 4.80. The molecule has 1 aliphatic heterocycles. The number of benzene rings is 1. The zero-order valence-corrected chi connectivity index (χ0v) is 11.8. The van der Waals surface area contributed by atoms with Gasteiger partial charge in [0, 0.05) is 24.2 Å². The fourth-order valence-electron chi connectivity index (χ4n) is 2.38. The van der Waals surface area contributed by atoms with Gasteiger partial charge in [0.05, 0.1) is 5.56 Å². The summed E-state index contributed by atoms with van der Waals surface area (Å²) in [5.41, 5.74) is 0.271. The van der Waals surface area contributed by atoms with E-state index in [0.29, 0.717) is 24.2 Å². The van der Waals surface area contributed by atoms with Crippen molar-refractivity contribution in [2.75, 3.05) is 19.6 Å². The molecule has 1 unspecified atom stereocenters. The van der Waals surface area contributed by atoms with Crippen molar-refractivity contribution in [1.29, 1.82) is 0 Å². The van der Waals surface area contributed by atoms with E-state index in [0.717, 1.165) is 19.4 Å². The van der Waals surface area contributed by atoms with E-state index in [-0.39, 0.29) is 17.2 Å². The van der Waals surface area contributed by atoms with Crippen LogP contribution in [-0.2, 0) is 0 Å². The lowest BCUT2D eigenvalue weighted by atomic mass is 10.1. The lowest BCUT2D eigenvalue weighted by Gasteiger charge is -2.25. The highest BCUT2D eigenvalue weighted by molar-refractivity contribution is 6.31. The van der Waals surface area contributed by atoms with Gasteiger partial charge in [0.15, 0.2) is 0 Å². The molecule has 1 saturated heterocycles. The van der Waals surface area contributed by atoms with Crippen LogP contribution < -0.4 is 5.32 Å². The number of nitrogens with zero attached hydrogens (tertiary/aromatic N) is 1. The molecule has 5 heteroatoms. The first kappa shape index (κ1) is 14.2. The average Bonchev–Trinajstić information content (AvgIpc) is 2.91. The van der Waals surface area contributed by atoms with Crippen LogP contribution in [0.4, 0.5) is 0 Å². The minimum absolute atomic E-state index is 0.0211. The summed E-state index contributed by atoms with van der Waals surface area (Å²) in [5.74, 6) is -0.191. The average molecular weight is 283 g/mol. The minimum Gasteiger partial charge on any atom is -0.507 e. The van der Waals surface area contributed by atoms with Gasteiger partial charge in [0.1, 0.15) is 5.75 Å². The zero-order chi connectivity index (χ0) is 13.8. The number of rotatable bonds is 4. The summed E-state index contributed by atoms with van der Waals surface area (Å²) in [6, 6.07) is 4.90. The number of aromatic hydroxyl groups is 1. The summed E-state index contributed by atoms with van der Waals surface area (Å²) in [5, 5.41) is 13.6. The Bertz CT molecular complexity index is 459. The molecular weight excluding hydrogens is 264 g/mol. The van der Waals surface area contributed by atoms with Crippen LogP contribution in [0.5, 0.6) is 5.75 Å². The van der Waals surface area contributed by atoms with Gasteiger partial charge < -0.3 is 15.3 Å². The van der Waals surface area contributed by atoms with Crippen LogP contribution in [0.3, 0.4) is 0 Å². The number of nitrogens with one attached hydrogen (secondary N) is 1. The van der Waals surface area contributed by atoms with Crippen molar-refractivity contribution in [3.8, 4) is 5.75 Å². The number of phenols is 1. The van der Waals surface area contributed by atoms with Gasteiger partial charge in [-0.1, -0.05) is 11.6 Å². The van der Waals surface area contributed by atoms with Crippen LogP contribution in [0.25, 0.3) is 0 Å². The van der Waals surface area contributed by atoms with Crippen molar-refractivity contribution >= 4 is 17.5 Å². The number of amides is 1. The van der Waals surface area contributed by atoms with Crippen LogP contribution in [-0.4, -0.2) is 41.6 Å². The molecule has 1 atom stereocenters. The molecule has 1 aliphatic rings. The van der Waals surface area contributed by atoms with E-state index in [1.165, 1.54) is 12.1 Å². The first-order valence-corrected chi connectivity index (χ1v) is 7.00. The molecule has 1 heterocycles. The largest absolute Gasteiger partial charge is 0.507 e. The van der Waals surface area contributed by atoms with E-state index in [4.69, 9.17) is 11.6 Å². The third-order valence-electron chi connectivity index (χ3n) is 3.46. The summed E-state index contributed by atoms with van der Waals surface area (Å²) in [6.07, 6.45) is 2.24. The van der Waals surface area contributed by atoms with Crippen molar-refractivity contribution < 1.29 is 9.90 Å². The lowest BCUT2D eigenvalue weighted by molar-refractivity contribution is 0.0748. The van der Waals surface area contributed by atoms with E-state index >= 15 is 0 Å². The quantitative estimate of drug-likeness (QED) is 0.891. The molecule has 0 aliphatic carbocycles. The molecule has 0 saturated carbocycles. The topological polar surface area (TPSA) is 52.6 Å². The molecular formula is C14H19ClN2O2. The third-order valence-corrected chi connectivity index (χ3v) is 3.70. The molecule has 2 rings (SSSR count). The Morgan fingerprint density at radius 1 is 1.58 bits per heavy atom. The molecule has 0 radical (unpaired) electrons. The molecule has 1 aromatic carbocycles. The lowest BCUT2D eigenvalue weighted by Crippen LogP contribution is -2.41. The van der Waals surface area contributed by atoms with Crippen molar-refractivity contribution in [2.24, 2.45) is 0 Å². The number of carbonyl (C=O) groups excluding carboxylic acids is 1. The Kier molecular flexibility index (Phi) is 4.66. The maximum absolute atomic E-state index is 12.4. The van der Waals surface area contributed by atoms with Crippen LogP contribution in [0.2, 0.25) is 5.02 Å². The molecule has 0 aromatic heterocycles. The van der Waals surface area contributed by atoms with Crippen LogP contribution in [0.15, 0.2) is 18.2 Å². The maximum Gasteiger partial charge on any atom is 0.257 e. The molecule has 1 amide bonds. The highest BCUT2D eigenvalue weighted by atomic mass is 35.5. The molecule has 4 nitrogen and oxygen atoms in total. The second kappa shape index (κ2) is 6.26. The summed E-state index contributed by atoms with van der Waals surface area (Å²) >= 11 is 5.88. The van der Waals surface area contributed by atoms with E-state index in [1.54, 1.807) is 11.0 Å². The second-order valence-corrected chi connectivity index (χ2v) is 5.23. The van der Waals surface area contributed by atoms with Crippen molar-refractivity contribution in [3.63, 3.8) is 0 Å². The van der Waals surface area contributed by atoms with Crippen LogP contribution >= 0.6 is 11.6 Å². The number of carbonyl (C=O) groups is 1. The zero-order valence-electron chi connectivity index (χ0n) is 11.0. The fraction of sp³-hybridized carbons (Fsp3) is 0.500. The standard InChI is InChI=1S/C14H19ClN2O2/c1-2-17(9-11-4-3-7-16-11)14(19)12-8-10(15)5-6-13(12)18/h5-6,8,11,16,18H,2-4,7,9H2,1H3. The van der Waals surface area contributed by atoms with Crippen molar-refractivity contribution in [2.45, 2.75) is 25.8 Å². The number of likely N-dealkylation sites (N-methyl/N-ethyl adjacent to an activating group) is 1. The van der Waals surface area contributed by atoms with E-state index in [9.17, 15) is 9.90 Å². The Hall–Kier alpha value is -1.26. The summed E-state index contributed by atoms with van der Waals surface area (Å²) < 4.78 is 0. The Morgan fingerprint density at radius 3 is 3.00 bits per heavy atom. The van der Waals surface area contributed by atoms with Gasteiger partial charge in [0.25, 0.3) is 5.91 Å². The number of hydrogen-bond donors (Lipinski definition) is 2. The third kappa shape index (κ3) is 3.39. The maximum atomic E-state index is 12.4. The molecule has 0 spiro atoms. The van der Waals surface area contributed by atoms with E-state index in [2.05, 4.69) is 5.32 Å². The van der Waals surface area contributed by atoms with Crippen molar-refractivity contribution in [1.82, 2.24) is 10.2 Å². The SMILES string of the molecule is CCN(CC1CCCN1)C(=O)c1cc(Cl)ccc1O. The molecule has 1 aromatic rings. The monoisotopic (exact) mass is 282 g/mol. The predicted molar refractivity (Wildman–Crippen MR) is 75.7 cm³/mol. The number of hydrogen-bond acceptors (Lipinski definition) is 3. The molecule has 104 valence electrons. The van der Waals surface area contributed by atoms with Gasteiger partial charge in [-0.05, 0) is 44.5 Å². The molecule has 1 fully saturated rings. The smallest absolute Gasteiger partial charge is 0.257 e. The van der Waals surface area contributed by atoms with Gasteiger partial charge in [-0.3, -0.25) is 4.79 Å². The van der Waals surface area contributed by atoms with E-state index in [1.807, 2.05) is 6.92 Å². The molecule has 2 N–H and O–H groups in total. The first-order chi connectivity index (χ1) is 9.11. The summed E-state index contributed by atoms with van der Waals surface area (Å²) in [4.78, 5) is 14.2. The number of halogens is 1. The van der Waals surface area contributed by atoms with Gasteiger partial charge in [-0.15, -0.1) is 0 Å². The Morgan fingerprint density at radius 2 is 2.37 bits per heavy atom. The summed E-state index contributed by atoms with van der Waals surface area (Å²) in [6.45, 7) is 4.23. The van der Waals surface area contributed by atoms with Crippen LogP contribution in [0.1, 0.15) is 30.1 Å². The number of phenolic OH excluding ortho intramolecular Hbond substituents is 1. The highest BCUT2D eigenvalue weighted by Crippen LogP contribution is 2.23. The highest BCUT2D eigenvalue weighted by Gasteiger charge is 2.23.